The number of aliphatic imine (C=N–C) groups is 2. The van der Waals surface area contributed by atoms with Crippen molar-refractivity contribution in [2.45, 2.75) is 38.3 Å². The van der Waals surface area contributed by atoms with Crippen LogP contribution in [-0.2, 0) is 4.79 Å². The van der Waals surface area contributed by atoms with E-state index < -0.39 is 13.0 Å². The molecule has 0 aromatic heterocycles. The zero-order valence-corrected chi connectivity index (χ0v) is 18.2. The number of hydrogen-bond acceptors (Lipinski definition) is 8. The molecule has 7 N–H and O–H groups in total. The fraction of sp³-hybridized carbons (Fsp3) is 0.571. The van der Waals surface area contributed by atoms with Gasteiger partial charge in [-0.25, -0.2) is 18.6 Å². The van der Waals surface area contributed by atoms with Crippen molar-refractivity contribution in [2.75, 3.05) is 32.7 Å². The largest absolute Gasteiger partial charge is 0.403 e. The van der Waals surface area contributed by atoms with Gasteiger partial charge < -0.3 is 22.1 Å². The summed E-state index contributed by atoms with van der Waals surface area (Å²) in [6.45, 7) is 6.26. The second-order valence-electron chi connectivity index (χ2n) is 8.32. The molecule has 11 heteroatoms. The van der Waals surface area contributed by atoms with E-state index in [1.165, 1.54) is 18.5 Å². The van der Waals surface area contributed by atoms with E-state index in [2.05, 4.69) is 32.5 Å². The van der Waals surface area contributed by atoms with E-state index in [1.54, 1.807) is 0 Å². The Kier molecular flexibility index (Phi) is 7.97. The molecule has 2 atom stereocenters. The summed E-state index contributed by atoms with van der Waals surface area (Å²) in [4.78, 5) is 20.8. The average molecular weight is 452 g/mol. The Bertz CT molecular complexity index is 830. The van der Waals surface area contributed by atoms with Gasteiger partial charge in [0, 0.05) is 42.9 Å². The highest BCUT2D eigenvalue weighted by atomic mass is 19.3. The highest BCUT2D eigenvalue weighted by Crippen LogP contribution is 2.30. The lowest BCUT2D eigenvalue weighted by Crippen LogP contribution is -2.56. The molecule has 0 saturated carbocycles. The van der Waals surface area contributed by atoms with Crippen LogP contribution < -0.4 is 27.4 Å². The molecular formula is C21H33F2N8O+. The van der Waals surface area contributed by atoms with Crippen LogP contribution in [0.1, 0.15) is 25.7 Å². The molecule has 3 aliphatic heterocycles. The van der Waals surface area contributed by atoms with Crippen molar-refractivity contribution in [3.05, 3.63) is 35.9 Å². The third-order valence-corrected chi connectivity index (χ3v) is 6.25. The van der Waals surface area contributed by atoms with Gasteiger partial charge in [0.2, 0.25) is 5.96 Å². The summed E-state index contributed by atoms with van der Waals surface area (Å²) in [6.07, 6.45) is 5.15. The fourth-order valence-electron chi connectivity index (χ4n) is 4.61. The molecule has 9 nitrogen and oxygen atoms in total. The van der Waals surface area contributed by atoms with Crippen LogP contribution in [-0.4, -0.2) is 67.9 Å². The lowest BCUT2D eigenvalue weighted by molar-refractivity contribution is -0.857. The molecule has 1 amide bonds. The van der Waals surface area contributed by atoms with E-state index in [-0.39, 0.29) is 18.0 Å². The lowest BCUT2D eigenvalue weighted by Gasteiger charge is -2.39. The summed E-state index contributed by atoms with van der Waals surface area (Å²) in [7, 11) is 0. The number of fused-ring (bicyclic) bond motifs is 1. The maximum Gasteiger partial charge on any atom is 0.338 e. The van der Waals surface area contributed by atoms with Gasteiger partial charge in [0.05, 0.1) is 31.9 Å². The minimum absolute atomic E-state index is 0.0926. The number of piperidine rings is 1. The lowest BCUT2D eigenvalue weighted by atomic mass is 9.95. The molecule has 32 heavy (non-hydrogen) atoms. The highest BCUT2D eigenvalue weighted by molar-refractivity contribution is 5.91. The van der Waals surface area contributed by atoms with Crippen LogP contribution >= 0.6 is 0 Å². The summed E-state index contributed by atoms with van der Waals surface area (Å²) in [5.74, 6) is 1.09. The molecule has 0 aliphatic carbocycles. The summed E-state index contributed by atoms with van der Waals surface area (Å²) < 4.78 is 25.0. The number of likely N-dealkylation sites (tertiary alicyclic amines) is 1. The van der Waals surface area contributed by atoms with Crippen molar-refractivity contribution in [1.82, 2.24) is 16.0 Å². The molecule has 0 radical (unpaired) electrons. The van der Waals surface area contributed by atoms with Gasteiger partial charge in [0.1, 0.15) is 12.0 Å². The molecule has 3 rings (SSSR count). The normalized spacial score (nSPS) is 25.5. The standard InChI is InChI=1S/C21H33F2N8O/c1-2-17(32)31(7-4-3-5-8-31)9-6-14-11-27-20-18(14)19(25)29-21(30-20)28-15(10-24)12-26-13-16(22)23/h2,10,12,14,16,20,27H,1,3-9,11,13,24-25H2,(H2,28,29,30)/q+1. The smallest absolute Gasteiger partial charge is 0.338 e. The summed E-state index contributed by atoms with van der Waals surface area (Å²) >= 11 is 0. The van der Waals surface area contributed by atoms with Crippen LogP contribution in [0.3, 0.4) is 0 Å². The van der Waals surface area contributed by atoms with Gasteiger partial charge in [0.15, 0.2) is 0 Å². The number of nitrogens with one attached hydrogen (secondary N) is 3. The van der Waals surface area contributed by atoms with Crippen molar-refractivity contribution in [1.29, 1.82) is 0 Å². The van der Waals surface area contributed by atoms with Crippen LogP contribution in [0, 0.1) is 5.92 Å². The number of guanidine groups is 1. The number of alkyl halides is 2. The first-order chi connectivity index (χ1) is 15.4. The van der Waals surface area contributed by atoms with E-state index >= 15 is 0 Å². The van der Waals surface area contributed by atoms with E-state index in [0.717, 1.165) is 50.9 Å². The van der Waals surface area contributed by atoms with Crippen LogP contribution in [0.15, 0.2) is 45.9 Å². The van der Waals surface area contributed by atoms with Gasteiger partial charge >= 0.3 is 5.91 Å². The van der Waals surface area contributed by atoms with E-state index in [9.17, 15) is 13.6 Å². The van der Waals surface area contributed by atoms with E-state index in [4.69, 9.17) is 11.5 Å². The molecular weight excluding hydrogens is 418 g/mol. The number of nitrogens with two attached hydrogens (primary N) is 2. The Morgan fingerprint density at radius 2 is 2.12 bits per heavy atom. The number of carbonyl (C=O) groups excluding carboxylic acids is 1. The Morgan fingerprint density at radius 3 is 2.78 bits per heavy atom. The van der Waals surface area contributed by atoms with Crippen molar-refractivity contribution in [3.63, 3.8) is 0 Å². The molecule has 2 saturated heterocycles. The van der Waals surface area contributed by atoms with Crippen LogP contribution in [0.2, 0.25) is 0 Å². The van der Waals surface area contributed by atoms with Crippen LogP contribution in [0.25, 0.3) is 0 Å². The minimum Gasteiger partial charge on any atom is -0.403 e. The molecule has 2 fully saturated rings. The molecule has 0 aromatic carbocycles. The Morgan fingerprint density at radius 1 is 1.38 bits per heavy atom. The Labute approximate surface area is 187 Å². The molecule has 3 heterocycles. The molecule has 0 spiro atoms. The van der Waals surface area contributed by atoms with Gasteiger partial charge in [-0.1, -0.05) is 6.58 Å². The maximum absolute atomic E-state index is 12.6. The fourth-order valence-corrected chi connectivity index (χ4v) is 4.61. The zero-order valence-electron chi connectivity index (χ0n) is 18.2. The van der Waals surface area contributed by atoms with Crippen molar-refractivity contribution >= 4 is 18.1 Å². The Hall–Kier alpha value is -2.79. The summed E-state index contributed by atoms with van der Waals surface area (Å²) in [5, 5.41) is 9.30. The number of carbonyl (C=O) groups is 1. The van der Waals surface area contributed by atoms with Gasteiger partial charge in [-0.2, -0.15) is 0 Å². The number of hydrogen-bond donors (Lipinski definition) is 5. The summed E-state index contributed by atoms with van der Waals surface area (Å²) in [6, 6.07) is 0. The number of quaternary nitrogens is 1. The quantitative estimate of drug-likeness (QED) is 0.207. The van der Waals surface area contributed by atoms with Crippen LogP contribution in [0.4, 0.5) is 8.78 Å². The number of amides is 1. The first-order valence-electron chi connectivity index (χ1n) is 11.0. The zero-order chi connectivity index (χ0) is 23.1. The second-order valence-corrected chi connectivity index (χ2v) is 8.32. The first kappa shape index (κ1) is 23.9. The molecule has 2 unspecified atom stereocenters. The molecule has 0 bridgehead atoms. The maximum atomic E-state index is 12.6. The minimum atomic E-state index is -2.52. The van der Waals surface area contributed by atoms with Crippen molar-refractivity contribution in [2.24, 2.45) is 27.4 Å². The molecule has 176 valence electrons. The highest BCUT2D eigenvalue weighted by Gasteiger charge is 2.40. The number of allylic oxidation sites excluding steroid dienone is 1. The van der Waals surface area contributed by atoms with Gasteiger partial charge in [0.25, 0.3) is 6.43 Å². The third-order valence-electron chi connectivity index (χ3n) is 6.25. The SMILES string of the molecule is C=CC(=O)[N+]1(CCC2CNC3N=C(NC(C=NCC(F)F)=CN)NC(N)=C23)CCCCC1. The predicted octanol–water partition coefficient (Wildman–Crippen LogP) is 0.490. The number of rotatable bonds is 8. The van der Waals surface area contributed by atoms with Crippen LogP contribution in [0.5, 0.6) is 0 Å². The van der Waals surface area contributed by atoms with E-state index in [1.807, 2.05) is 0 Å². The van der Waals surface area contributed by atoms with Crippen molar-refractivity contribution in [3.8, 4) is 0 Å². The summed E-state index contributed by atoms with van der Waals surface area (Å²) in [5.41, 5.74) is 13.2. The Balaban J connectivity index is 1.63. The average Bonchev–Trinajstić information content (AvgIpc) is 3.20. The van der Waals surface area contributed by atoms with Gasteiger partial charge in [-0.3, -0.25) is 14.8 Å². The van der Waals surface area contributed by atoms with E-state index in [0.29, 0.717) is 28.5 Å². The topological polar surface area (TPSA) is 130 Å². The van der Waals surface area contributed by atoms with Gasteiger partial charge in [-0.15, -0.1) is 0 Å². The predicted molar refractivity (Wildman–Crippen MR) is 120 cm³/mol. The second kappa shape index (κ2) is 10.7. The third kappa shape index (κ3) is 5.52. The number of nitrogens with zero attached hydrogens (tertiary/aromatic N) is 3. The molecule has 3 aliphatic rings. The number of halogens is 2. The monoisotopic (exact) mass is 451 g/mol. The van der Waals surface area contributed by atoms with Crippen molar-refractivity contribution < 1.29 is 18.1 Å². The first-order valence-corrected chi connectivity index (χ1v) is 11.0. The molecule has 0 aromatic rings. The van der Waals surface area contributed by atoms with Gasteiger partial charge in [-0.05, 0) is 19.3 Å².